The largest absolute Gasteiger partial charge is 0.374 e. The summed E-state index contributed by atoms with van der Waals surface area (Å²) in [5, 5.41) is 0.442. The number of nitrogens with one attached hydrogen (secondary N) is 1. The summed E-state index contributed by atoms with van der Waals surface area (Å²) >= 11 is 6.14. The summed E-state index contributed by atoms with van der Waals surface area (Å²) in [5.41, 5.74) is 3.03. The maximum atomic E-state index is 14.0. The van der Waals surface area contributed by atoms with E-state index in [4.69, 9.17) is 22.2 Å². The third-order valence-corrected chi connectivity index (χ3v) is 4.79. The van der Waals surface area contributed by atoms with Crippen LogP contribution >= 0.6 is 11.6 Å². The molecule has 1 unspecified atom stereocenters. The Morgan fingerprint density at radius 2 is 2.10 bits per heavy atom. The lowest BCUT2D eigenvalue weighted by atomic mass is 9.77. The van der Waals surface area contributed by atoms with Crippen molar-refractivity contribution in [1.29, 1.82) is 0 Å². The second-order valence-electron chi connectivity index (χ2n) is 5.68. The van der Waals surface area contributed by atoms with Crippen LogP contribution in [0.2, 0.25) is 5.02 Å². The van der Waals surface area contributed by atoms with Gasteiger partial charge < -0.3 is 4.74 Å². The predicted octanol–water partition coefficient (Wildman–Crippen LogP) is 3.59. The first kappa shape index (κ1) is 16.7. The van der Waals surface area contributed by atoms with Crippen LogP contribution in [0.5, 0.6) is 0 Å². The standard InChI is InChI=1S/C16H24ClFN2O/c1-2-21-16(9-4-3-5-10-16)15(20-19)11-12-13(17)7-6-8-14(12)18/h6-8,15,20H,2-5,9-11,19H2,1H3. The zero-order valence-corrected chi connectivity index (χ0v) is 13.3. The number of benzene rings is 1. The zero-order valence-electron chi connectivity index (χ0n) is 12.5. The lowest BCUT2D eigenvalue weighted by Gasteiger charge is -2.43. The van der Waals surface area contributed by atoms with Crippen LogP contribution in [0.4, 0.5) is 4.39 Å². The Labute approximate surface area is 131 Å². The molecule has 118 valence electrons. The molecule has 1 saturated carbocycles. The third kappa shape index (κ3) is 3.75. The van der Waals surface area contributed by atoms with Crippen LogP contribution in [0.3, 0.4) is 0 Å². The summed E-state index contributed by atoms with van der Waals surface area (Å²) in [7, 11) is 0. The molecule has 0 bridgehead atoms. The topological polar surface area (TPSA) is 47.3 Å². The summed E-state index contributed by atoms with van der Waals surface area (Å²) < 4.78 is 20.1. The van der Waals surface area contributed by atoms with Gasteiger partial charge >= 0.3 is 0 Å². The van der Waals surface area contributed by atoms with Crippen molar-refractivity contribution in [1.82, 2.24) is 5.43 Å². The van der Waals surface area contributed by atoms with Crippen LogP contribution in [-0.4, -0.2) is 18.2 Å². The quantitative estimate of drug-likeness (QED) is 0.623. The van der Waals surface area contributed by atoms with E-state index in [1.54, 1.807) is 12.1 Å². The summed E-state index contributed by atoms with van der Waals surface area (Å²) in [5.74, 6) is 5.48. The first-order valence-electron chi connectivity index (χ1n) is 7.66. The second-order valence-corrected chi connectivity index (χ2v) is 6.09. The molecule has 0 radical (unpaired) electrons. The number of hydrazine groups is 1. The number of hydrogen-bond donors (Lipinski definition) is 2. The first-order chi connectivity index (χ1) is 10.1. The SMILES string of the molecule is CCOC1(C(Cc2c(F)cccc2Cl)NN)CCCCC1. The van der Waals surface area contributed by atoms with Gasteiger partial charge in [0.25, 0.3) is 0 Å². The van der Waals surface area contributed by atoms with Crippen molar-refractivity contribution in [2.75, 3.05) is 6.61 Å². The maximum Gasteiger partial charge on any atom is 0.127 e. The molecule has 0 aliphatic heterocycles. The highest BCUT2D eigenvalue weighted by Gasteiger charge is 2.40. The van der Waals surface area contributed by atoms with Crippen LogP contribution in [-0.2, 0) is 11.2 Å². The molecule has 2 rings (SSSR count). The minimum absolute atomic E-state index is 0.146. The van der Waals surface area contributed by atoms with E-state index in [2.05, 4.69) is 5.43 Å². The highest BCUT2D eigenvalue weighted by molar-refractivity contribution is 6.31. The van der Waals surface area contributed by atoms with Gasteiger partial charge in [-0.05, 0) is 38.3 Å². The molecule has 1 aromatic rings. The van der Waals surface area contributed by atoms with Crippen molar-refractivity contribution in [3.63, 3.8) is 0 Å². The van der Waals surface area contributed by atoms with Crippen LogP contribution in [0.15, 0.2) is 18.2 Å². The molecular formula is C16H24ClFN2O. The Morgan fingerprint density at radius 1 is 1.38 bits per heavy atom. The first-order valence-corrected chi connectivity index (χ1v) is 8.03. The summed E-state index contributed by atoms with van der Waals surface area (Å²) in [6.07, 6.45) is 5.77. The van der Waals surface area contributed by atoms with Gasteiger partial charge in [0.2, 0.25) is 0 Å². The number of ether oxygens (including phenoxy) is 1. The molecule has 21 heavy (non-hydrogen) atoms. The minimum Gasteiger partial charge on any atom is -0.374 e. The molecule has 0 amide bonds. The van der Waals surface area contributed by atoms with Gasteiger partial charge in [0, 0.05) is 17.2 Å². The Morgan fingerprint density at radius 3 is 2.67 bits per heavy atom. The summed E-state index contributed by atoms with van der Waals surface area (Å²) in [6.45, 7) is 2.61. The molecule has 0 spiro atoms. The third-order valence-electron chi connectivity index (χ3n) is 4.44. The lowest BCUT2D eigenvalue weighted by molar-refractivity contribution is -0.0899. The molecule has 0 saturated heterocycles. The van der Waals surface area contributed by atoms with E-state index >= 15 is 0 Å². The van der Waals surface area contributed by atoms with Gasteiger partial charge in [-0.25, -0.2) is 4.39 Å². The van der Waals surface area contributed by atoms with Gasteiger partial charge in [0.05, 0.1) is 11.6 Å². The number of nitrogens with two attached hydrogens (primary N) is 1. The van der Waals surface area contributed by atoms with Gasteiger partial charge in [-0.2, -0.15) is 0 Å². The Balaban J connectivity index is 2.24. The Bertz CT molecular complexity index is 438. The van der Waals surface area contributed by atoms with Gasteiger partial charge in [-0.15, -0.1) is 0 Å². The van der Waals surface area contributed by atoms with Crippen LogP contribution in [0.25, 0.3) is 0 Å². The van der Waals surface area contributed by atoms with E-state index < -0.39 is 0 Å². The molecule has 0 heterocycles. The molecule has 3 N–H and O–H groups in total. The summed E-state index contributed by atoms with van der Waals surface area (Å²) in [6, 6.07) is 4.61. The van der Waals surface area contributed by atoms with Crippen molar-refractivity contribution < 1.29 is 9.13 Å². The second kappa shape index (κ2) is 7.54. The fourth-order valence-corrected chi connectivity index (χ4v) is 3.60. The Hall–Kier alpha value is -0.680. The summed E-state index contributed by atoms with van der Waals surface area (Å²) in [4.78, 5) is 0. The molecule has 1 fully saturated rings. The Kier molecular flexibility index (Phi) is 5.99. The molecule has 3 nitrogen and oxygen atoms in total. The molecular weight excluding hydrogens is 291 g/mol. The van der Waals surface area contributed by atoms with Crippen molar-refractivity contribution in [3.05, 3.63) is 34.6 Å². The van der Waals surface area contributed by atoms with E-state index in [1.165, 1.54) is 12.5 Å². The lowest BCUT2D eigenvalue weighted by Crippen LogP contribution is -2.57. The van der Waals surface area contributed by atoms with Crippen molar-refractivity contribution >= 4 is 11.6 Å². The number of rotatable bonds is 6. The average Bonchev–Trinajstić information content (AvgIpc) is 2.48. The van der Waals surface area contributed by atoms with Crippen molar-refractivity contribution in [2.24, 2.45) is 5.84 Å². The van der Waals surface area contributed by atoms with E-state index in [0.29, 0.717) is 23.6 Å². The monoisotopic (exact) mass is 314 g/mol. The predicted molar refractivity (Wildman–Crippen MR) is 83.7 cm³/mol. The van der Waals surface area contributed by atoms with Gasteiger partial charge in [0.1, 0.15) is 5.82 Å². The van der Waals surface area contributed by atoms with Gasteiger partial charge in [0.15, 0.2) is 0 Å². The number of halogens is 2. The molecule has 1 aliphatic carbocycles. The van der Waals surface area contributed by atoms with Crippen LogP contribution in [0.1, 0.15) is 44.6 Å². The van der Waals surface area contributed by atoms with Crippen LogP contribution < -0.4 is 11.3 Å². The van der Waals surface area contributed by atoms with Crippen molar-refractivity contribution in [3.8, 4) is 0 Å². The molecule has 0 aromatic heterocycles. The fourth-order valence-electron chi connectivity index (χ4n) is 3.36. The highest BCUT2D eigenvalue weighted by Crippen LogP contribution is 2.36. The van der Waals surface area contributed by atoms with Gasteiger partial charge in [-0.1, -0.05) is 36.9 Å². The van der Waals surface area contributed by atoms with E-state index in [9.17, 15) is 4.39 Å². The van der Waals surface area contributed by atoms with Crippen LogP contribution in [0, 0.1) is 5.82 Å². The zero-order chi connectivity index (χ0) is 15.3. The molecule has 1 aromatic carbocycles. The van der Waals surface area contributed by atoms with E-state index in [1.807, 2.05) is 6.92 Å². The molecule has 1 aliphatic rings. The highest BCUT2D eigenvalue weighted by atomic mass is 35.5. The van der Waals surface area contributed by atoms with E-state index in [0.717, 1.165) is 25.7 Å². The normalized spacial score (nSPS) is 19.4. The van der Waals surface area contributed by atoms with Gasteiger partial charge in [-0.3, -0.25) is 11.3 Å². The smallest absolute Gasteiger partial charge is 0.127 e. The average molecular weight is 315 g/mol. The van der Waals surface area contributed by atoms with Crippen molar-refractivity contribution in [2.45, 2.75) is 57.1 Å². The minimum atomic E-state index is -0.326. The molecule has 1 atom stereocenters. The number of hydrogen-bond acceptors (Lipinski definition) is 3. The molecule has 5 heteroatoms. The van der Waals surface area contributed by atoms with E-state index in [-0.39, 0.29) is 17.5 Å². The fraction of sp³-hybridized carbons (Fsp3) is 0.625. The maximum absolute atomic E-state index is 14.0.